The van der Waals surface area contributed by atoms with Gasteiger partial charge in [0.15, 0.2) is 11.5 Å². The predicted molar refractivity (Wildman–Crippen MR) is 100 cm³/mol. The van der Waals surface area contributed by atoms with Crippen LogP contribution in [-0.4, -0.2) is 31.4 Å². The number of anilines is 1. The number of halogens is 1. The number of rotatable bonds is 5. The minimum atomic E-state index is -0.0413. The van der Waals surface area contributed by atoms with E-state index in [4.69, 9.17) is 22.1 Å². The van der Waals surface area contributed by atoms with Crippen molar-refractivity contribution >= 4 is 40.3 Å². The van der Waals surface area contributed by atoms with Crippen LogP contribution < -0.4 is 5.73 Å². The number of thioether (sulfide) groups is 1. The Morgan fingerprint density at radius 3 is 2.88 bits per heavy atom. The highest BCUT2D eigenvalue weighted by molar-refractivity contribution is 7.98. The Kier molecular flexibility index (Phi) is 4.78. The highest BCUT2D eigenvalue weighted by atomic mass is 35.5. The molecule has 2 N–H and O–H groups in total. The lowest BCUT2D eigenvalue weighted by atomic mass is 10.2. The summed E-state index contributed by atoms with van der Waals surface area (Å²) in [6.07, 6.45) is 5.37. The second kappa shape index (κ2) is 7.19. The van der Waals surface area contributed by atoms with Crippen LogP contribution >= 0.6 is 23.4 Å². The van der Waals surface area contributed by atoms with E-state index in [9.17, 15) is 0 Å². The number of imidazole rings is 1. The number of nitrogens with zero attached hydrogens (tertiary/aromatic N) is 4. The molecule has 1 aliphatic rings. The van der Waals surface area contributed by atoms with Gasteiger partial charge >= 0.3 is 0 Å². The molecule has 0 aliphatic carbocycles. The van der Waals surface area contributed by atoms with E-state index in [-0.39, 0.29) is 12.3 Å². The van der Waals surface area contributed by atoms with E-state index < -0.39 is 0 Å². The summed E-state index contributed by atoms with van der Waals surface area (Å²) in [5.74, 6) is 2.32. The predicted octanol–water partition coefficient (Wildman–Crippen LogP) is 3.67. The summed E-state index contributed by atoms with van der Waals surface area (Å²) < 4.78 is 8.15. The Morgan fingerprint density at radius 1 is 1.20 bits per heavy atom. The van der Waals surface area contributed by atoms with Crippen LogP contribution in [0.25, 0.3) is 11.2 Å². The van der Waals surface area contributed by atoms with Crippen molar-refractivity contribution in [3.8, 4) is 0 Å². The lowest BCUT2D eigenvalue weighted by molar-refractivity contribution is 0.0153. The molecule has 0 radical (unpaired) electrons. The lowest BCUT2D eigenvalue weighted by Crippen LogP contribution is -2.13. The quantitative estimate of drug-likeness (QED) is 0.732. The molecule has 6 nitrogen and oxygen atoms in total. The molecule has 1 fully saturated rings. The van der Waals surface area contributed by atoms with Crippen LogP contribution in [0.4, 0.5) is 5.82 Å². The van der Waals surface area contributed by atoms with Crippen molar-refractivity contribution in [1.82, 2.24) is 19.5 Å². The Labute approximate surface area is 154 Å². The highest BCUT2D eigenvalue weighted by Gasteiger charge is 2.28. The van der Waals surface area contributed by atoms with Crippen LogP contribution in [0.1, 0.15) is 24.6 Å². The molecule has 2 atom stereocenters. The second-order valence-corrected chi connectivity index (χ2v) is 7.48. The van der Waals surface area contributed by atoms with Crippen molar-refractivity contribution in [2.24, 2.45) is 0 Å². The van der Waals surface area contributed by atoms with Gasteiger partial charge in [0.1, 0.15) is 18.1 Å². The molecule has 2 aromatic heterocycles. The smallest absolute Gasteiger partial charge is 0.167 e. The van der Waals surface area contributed by atoms with E-state index in [1.807, 2.05) is 28.5 Å². The van der Waals surface area contributed by atoms with Gasteiger partial charge in [-0.05, 0) is 30.5 Å². The number of benzene rings is 1. The first kappa shape index (κ1) is 16.6. The van der Waals surface area contributed by atoms with E-state index >= 15 is 0 Å². The van der Waals surface area contributed by atoms with Gasteiger partial charge in [0.2, 0.25) is 0 Å². The minimum absolute atomic E-state index is 0.0413. The Morgan fingerprint density at radius 2 is 2.04 bits per heavy atom. The lowest BCUT2D eigenvalue weighted by Gasteiger charge is -2.15. The number of nitrogens with two attached hydrogens (primary N) is 1. The van der Waals surface area contributed by atoms with E-state index in [0.717, 1.165) is 35.0 Å². The van der Waals surface area contributed by atoms with Crippen LogP contribution in [0, 0.1) is 0 Å². The zero-order chi connectivity index (χ0) is 17.2. The maximum Gasteiger partial charge on any atom is 0.167 e. The second-order valence-electron chi connectivity index (χ2n) is 6.01. The van der Waals surface area contributed by atoms with Gasteiger partial charge < -0.3 is 10.5 Å². The van der Waals surface area contributed by atoms with Crippen molar-refractivity contribution < 1.29 is 4.74 Å². The maximum atomic E-state index is 6.19. The SMILES string of the molecule is Nc1ncnc2c1ncn2C1CCC(CSCc2ccc(Cl)cc2)O1. The molecular formula is C17H18ClN5OS. The molecule has 25 heavy (non-hydrogen) atoms. The molecule has 0 amide bonds. The fourth-order valence-corrected chi connectivity index (χ4v) is 4.16. The van der Waals surface area contributed by atoms with Crippen molar-refractivity contribution in [3.63, 3.8) is 0 Å². The van der Waals surface area contributed by atoms with Gasteiger partial charge in [0.25, 0.3) is 0 Å². The third-order valence-electron chi connectivity index (χ3n) is 4.27. The van der Waals surface area contributed by atoms with Crippen LogP contribution in [0.3, 0.4) is 0 Å². The zero-order valence-corrected chi connectivity index (χ0v) is 15.1. The van der Waals surface area contributed by atoms with Crippen molar-refractivity contribution in [2.45, 2.75) is 30.9 Å². The first-order valence-corrected chi connectivity index (χ1v) is 9.64. The molecule has 3 heterocycles. The van der Waals surface area contributed by atoms with E-state index in [1.165, 1.54) is 11.9 Å². The van der Waals surface area contributed by atoms with Crippen LogP contribution in [0.5, 0.6) is 0 Å². The van der Waals surface area contributed by atoms with Gasteiger partial charge in [0, 0.05) is 16.5 Å². The monoisotopic (exact) mass is 375 g/mol. The van der Waals surface area contributed by atoms with Gasteiger partial charge in [0.05, 0.1) is 12.4 Å². The average Bonchev–Trinajstić information content (AvgIpc) is 3.24. The number of ether oxygens (including phenoxy) is 1. The topological polar surface area (TPSA) is 78.9 Å². The molecule has 2 unspecified atom stereocenters. The third-order valence-corrected chi connectivity index (χ3v) is 5.67. The van der Waals surface area contributed by atoms with E-state index in [2.05, 4.69) is 27.1 Å². The molecule has 8 heteroatoms. The molecule has 3 aromatic rings. The average molecular weight is 376 g/mol. The van der Waals surface area contributed by atoms with Gasteiger partial charge in [-0.1, -0.05) is 23.7 Å². The maximum absolute atomic E-state index is 6.19. The molecule has 130 valence electrons. The Bertz CT molecular complexity index is 869. The summed E-state index contributed by atoms with van der Waals surface area (Å²) in [6, 6.07) is 7.99. The normalized spacial score (nSPS) is 20.4. The summed E-state index contributed by atoms with van der Waals surface area (Å²) in [4.78, 5) is 12.6. The molecule has 1 aliphatic heterocycles. The van der Waals surface area contributed by atoms with Crippen LogP contribution in [0.2, 0.25) is 5.02 Å². The summed E-state index contributed by atoms with van der Waals surface area (Å²) >= 11 is 7.79. The number of hydrogen-bond acceptors (Lipinski definition) is 6. The van der Waals surface area contributed by atoms with E-state index in [1.54, 1.807) is 6.33 Å². The molecule has 1 saturated heterocycles. The number of aromatic nitrogens is 4. The van der Waals surface area contributed by atoms with Gasteiger partial charge in [-0.2, -0.15) is 11.8 Å². The fourth-order valence-electron chi connectivity index (χ4n) is 2.98. The van der Waals surface area contributed by atoms with Gasteiger partial charge in [-0.15, -0.1) is 0 Å². The fraction of sp³-hybridized carbons (Fsp3) is 0.353. The third kappa shape index (κ3) is 3.58. The van der Waals surface area contributed by atoms with Crippen LogP contribution in [0.15, 0.2) is 36.9 Å². The molecule has 1 aromatic carbocycles. The number of hydrogen-bond donors (Lipinski definition) is 1. The standard InChI is InChI=1S/C17H18ClN5OS/c18-12-3-1-11(2-4-12)7-25-8-13-5-6-14(24-13)23-10-22-15-16(19)20-9-21-17(15)23/h1-4,9-10,13-14H,5-8H2,(H2,19,20,21). The molecule has 0 bridgehead atoms. The molecule has 4 rings (SSSR count). The summed E-state index contributed by atoms with van der Waals surface area (Å²) in [5, 5.41) is 0.771. The van der Waals surface area contributed by atoms with E-state index in [0.29, 0.717) is 11.3 Å². The zero-order valence-electron chi connectivity index (χ0n) is 13.5. The molecule has 0 spiro atoms. The summed E-state index contributed by atoms with van der Waals surface area (Å²) in [5.41, 5.74) is 8.48. The molecular weight excluding hydrogens is 358 g/mol. The minimum Gasteiger partial charge on any atom is -0.382 e. The largest absolute Gasteiger partial charge is 0.382 e. The number of nitrogen functional groups attached to an aromatic ring is 1. The molecule has 0 saturated carbocycles. The van der Waals surface area contributed by atoms with Gasteiger partial charge in [-0.3, -0.25) is 4.57 Å². The summed E-state index contributed by atoms with van der Waals surface area (Å²) in [7, 11) is 0. The van der Waals surface area contributed by atoms with Crippen molar-refractivity contribution in [2.75, 3.05) is 11.5 Å². The first-order valence-electron chi connectivity index (χ1n) is 8.11. The van der Waals surface area contributed by atoms with Gasteiger partial charge in [-0.25, -0.2) is 15.0 Å². The van der Waals surface area contributed by atoms with Crippen molar-refractivity contribution in [3.05, 3.63) is 47.5 Å². The Balaban J connectivity index is 1.35. The van der Waals surface area contributed by atoms with Crippen molar-refractivity contribution in [1.29, 1.82) is 0 Å². The number of fused-ring (bicyclic) bond motifs is 1. The summed E-state index contributed by atoms with van der Waals surface area (Å²) in [6.45, 7) is 0. The van der Waals surface area contributed by atoms with Crippen LogP contribution in [-0.2, 0) is 10.5 Å². The first-order chi connectivity index (χ1) is 12.2. The Hall–Kier alpha value is -1.83. The highest BCUT2D eigenvalue weighted by Crippen LogP contribution is 2.32.